The van der Waals surface area contributed by atoms with Gasteiger partial charge in [-0.3, -0.25) is 4.98 Å². The number of hydrogen-bond donors (Lipinski definition) is 1. The summed E-state index contributed by atoms with van der Waals surface area (Å²) in [7, 11) is 0. The van der Waals surface area contributed by atoms with Crippen molar-refractivity contribution >= 4 is 5.97 Å². The monoisotopic (exact) mass is 223 g/mol. The molecule has 5 nitrogen and oxygen atoms in total. The second-order valence-electron chi connectivity index (χ2n) is 3.66. The number of nitrogens with zero attached hydrogens (tertiary/aromatic N) is 1. The smallest absolute Gasteiger partial charge is 0.337 e. The molecule has 1 aliphatic rings. The maximum absolute atomic E-state index is 10.7. The van der Waals surface area contributed by atoms with E-state index in [0.717, 1.165) is 19.4 Å². The standard InChI is InChI=1S/C11H13NO4/c13-11(14)8-4-10(6-12-5-8)16-7-9-2-1-3-15-9/h4-6,9H,1-3,7H2,(H,13,14). The van der Waals surface area contributed by atoms with E-state index in [9.17, 15) is 4.79 Å². The molecule has 1 unspecified atom stereocenters. The van der Waals surface area contributed by atoms with Crippen molar-refractivity contribution in [3.63, 3.8) is 0 Å². The van der Waals surface area contributed by atoms with Crippen LogP contribution in [-0.2, 0) is 4.74 Å². The zero-order valence-electron chi connectivity index (χ0n) is 8.76. The van der Waals surface area contributed by atoms with Crippen LogP contribution < -0.4 is 4.74 Å². The second kappa shape index (κ2) is 4.94. The minimum absolute atomic E-state index is 0.119. The number of carbonyl (C=O) groups is 1. The molecule has 5 heteroatoms. The molecule has 0 spiro atoms. The van der Waals surface area contributed by atoms with E-state index in [2.05, 4.69) is 4.98 Å². The third-order valence-electron chi connectivity index (χ3n) is 2.42. The Hall–Kier alpha value is -1.62. The number of ether oxygens (including phenoxy) is 2. The number of carboxylic acid groups (broad SMARTS) is 1. The third-order valence-corrected chi connectivity index (χ3v) is 2.42. The summed E-state index contributed by atoms with van der Waals surface area (Å²) in [6.45, 7) is 1.23. The van der Waals surface area contributed by atoms with E-state index in [-0.39, 0.29) is 11.7 Å². The maximum Gasteiger partial charge on any atom is 0.337 e. The van der Waals surface area contributed by atoms with Gasteiger partial charge in [-0.15, -0.1) is 0 Å². The summed E-state index contributed by atoms with van der Waals surface area (Å²) in [6.07, 6.45) is 4.96. The number of aromatic carboxylic acids is 1. The van der Waals surface area contributed by atoms with Gasteiger partial charge in [0.15, 0.2) is 0 Å². The molecule has 86 valence electrons. The Kier molecular flexibility index (Phi) is 3.36. The van der Waals surface area contributed by atoms with Gasteiger partial charge in [0.1, 0.15) is 12.4 Å². The van der Waals surface area contributed by atoms with Gasteiger partial charge in [0.2, 0.25) is 0 Å². The minimum Gasteiger partial charge on any atom is -0.489 e. The number of rotatable bonds is 4. The molecule has 1 aromatic rings. The maximum atomic E-state index is 10.7. The van der Waals surface area contributed by atoms with E-state index >= 15 is 0 Å². The number of hydrogen-bond acceptors (Lipinski definition) is 4. The van der Waals surface area contributed by atoms with Crippen LogP contribution in [0.4, 0.5) is 0 Å². The van der Waals surface area contributed by atoms with E-state index in [4.69, 9.17) is 14.6 Å². The predicted molar refractivity (Wildman–Crippen MR) is 55.7 cm³/mol. The van der Waals surface area contributed by atoms with Crippen LogP contribution in [0.25, 0.3) is 0 Å². The Balaban J connectivity index is 1.93. The van der Waals surface area contributed by atoms with Gasteiger partial charge in [0, 0.05) is 12.8 Å². The normalized spacial score (nSPS) is 19.6. The summed E-state index contributed by atoms with van der Waals surface area (Å²) in [5, 5.41) is 8.77. The van der Waals surface area contributed by atoms with E-state index in [1.807, 2.05) is 0 Å². The van der Waals surface area contributed by atoms with Gasteiger partial charge in [0.05, 0.1) is 17.9 Å². The largest absolute Gasteiger partial charge is 0.489 e. The van der Waals surface area contributed by atoms with Crippen molar-refractivity contribution in [3.8, 4) is 5.75 Å². The van der Waals surface area contributed by atoms with E-state index in [1.54, 1.807) is 0 Å². The first kappa shape index (κ1) is 10.9. The van der Waals surface area contributed by atoms with Crippen LogP contribution in [0.3, 0.4) is 0 Å². The molecule has 2 rings (SSSR count). The number of aromatic nitrogens is 1. The highest BCUT2D eigenvalue weighted by Crippen LogP contribution is 2.16. The number of pyridine rings is 1. The van der Waals surface area contributed by atoms with E-state index < -0.39 is 5.97 Å². The molecule has 1 aromatic heterocycles. The summed E-state index contributed by atoms with van der Waals surface area (Å²) >= 11 is 0. The molecule has 0 radical (unpaired) electrons. The van der Waals surface area contributed by atoms with E-state index in [1.165, 1.54) is 18.5 Å². The fourth-order valence-electron chi connectivity index (χ4n) is 1.58. The third kappa shape index (κ3) is 2.70. The SMILES string of the molecule is O=C(O)c1cncc(OCC2CCCO2)c1. The van der Waals surface area contributed by atoms with Gasteiger partial charge in [-0.2, -0.15) is 0 Å². The molecule has 0 saturated carbocycles. The quantitative estimate of drug-likeness (QED) is 0.834. The molecule has 0 aliphatic carbocycles. The molecule has 0 bridgehead atoms. The summed E-state index contributed by atoms with van der Waals surface area (Å²) < 4.78 is 10.8. The first-order valence-corrected chi connectivity index (χ1v) is 5.18. The number of carboxylic acids is 1. The Morgan fingerprint density at radius 2 is 2.50 bits per heavy atom. The zero-order valence-corrected chi connectivity index (χ0v) is 8.76. The van der Waals surface area contributed by atoms with Gasteiger partial charge in [-0.25, -0.2) is 4.79 Å². The van der Waals surface area contributed by atoms with Crippen LogP contribution >= 0.6 is 0 Å². The molecule has 1 saturated heterocycles. The Labute approximate surface area is 93.0 Å². The summed E-state index contributed by atoms with van der Waals surface area (Å²) in [5.41, 5.74) is 0.129. The van der Waals surface area contributed by atoms with Crippen LogP contribution in [0, 0.1) is 0 Å². The Bertz CT molecular complexity index is 374. The van der Waals surface area contributed by atoms with Crippen molar-refractivity contribution in [2.24, 2.45) is 0 Å². The highest BCUT2D eigenvalue weighted by atomic mass is 16.5. The van der Waals surface area contributed by atoms with Crippen molar-refractivity contribution < 1.29 is 19.4 Å². The molecule has 2 heterocycles. The molecule has 1 fully saturated rings. The van der Waals surface area contributed by atoms with Crippen molar-refractivity contribution in [2.45, 2.75) is 18.9 Å². The lowest BCUT2D eigenvalue weighted by Gasteiger charge is -2.11. The summed E-state index contributed by atoms with van der Waals surface area (Å²) in [4.78, 5) is 14.5. The average Bonchev–Trinajstić information content (AvgIpc) is 2.79. The molecular formula is C11H13NO4. The van der Waals surface area contributed by atoms with Crippen LogP contribution in [0.5, 0.6) is 5.75 Å². The fraction of sp³-hybridized carbons (Fsp3) is 0.455. The van der Waals surface area contributed by atoms with Crippen molar-refractivity contribution in [3.05, 3.63) is 24.0 Å². The second-order valence-corrected chi connectivity index (χ2v) is 3.66. The van der Waals surface area contributed by atoms with Gasteiger partial charge < -0.3 is 14.6 Å². The van der Waals surface area contributed by atoms with Gasteiger partial charge in [-0.1, -0.05) is 0 Å². The minimum atomic E-state index is -1.00. The topological polar surface area (TPSA) is 68.7 Å². The first-order chi connectivity index (χ1) is 7.75. The zero-order chi connectivity index (χ0) is 11.4. The van der Waals surface area contributed by atoms with Crippen LogP contribution in [0.1, 0.15) is 23.2 Å². The van der Waals surface area contributed by atoms with E-state index in [0.29, 0.717) is 12.4 Å². The highest BCUT2D eigenvalue weighted by molar-refractivity contribution is 5.87. The lowest BCUT2D eigenvalue weighted by molar-refractivity contribution is 0.0670. The molecule has 1 atom stereocenters. The van der Waals surface area contributed by atoms with Gasteiger partial charge in [-0.05, 0) is 18.9 Å². The van der Waals surface area contributed by atoms with Crippen LogP contribution in [0.2, 0.25) is 0 Å². The van der Waals surface area contributed by atoms with Crippen molar-refractivity contribution in [2.75, 3.05) is 13.2 Å². The highest BCUT2D eigenvalue weighted by Gasteiger charge is 2.16. The first-order valence-electron chi connectivity index (χ1n) is 5.18. The molecule has 1 aliphatic heterocycles. The van der Waals surface area contributed by atoms with Crippen LogP contribution in [-0.4, -0.2) is 35.4 Å². The average molecular weight is 223 g/mol. The Morgan fingerprint density at radius 3 is 3.19 bits per heavy atom. The van der Waals surface area contributed by atoms with Crippen molar-refractivity contribution in [1.29, 1.82) is 0 Å². The molecule has 0 aromatic carbocycles. The molecule has 16 heavy (non-hydrogen) atoms. The Morgan fingerprint density at radius 1 is 1.62 bits per heavy atom. The fourth-order valence-corrected chi connectivity index (χ4v) is 1.58. The molecule has 1 N–H and O–H groups in total. The summed E-state index contributed by atoms with van der Waals surface area (Å²) in [5.74, 6) is -0.537. The van der Waals surface area contributed by atoms with Gasteiger partial charge >= 0.3 is 5.97 Å². The summed E-state index contributed by atoms with van der Waals surface area (Å²) in [6, 6.07) is 1.46. The van der Waals surface area contributed by atoms with Crippen LogP contribution in [0.15, 0.2) is 18.5 Å². The lowest BCUT2D eigenvalue weighted by atomic mass is 10.2. The lowest BCUT2D eigenvalue weighted by Crippen LogP contribution is -2.16. The van der Waals surface area contributed by atoms with Crippen molar-refractivity contribution in [1.82, 2.24) is 4.98 Å². The molecule has 0 amide bonds. The van der Waals surface area contributed by atoms with Gasteiger partial charge in [0.25, 0.3) is 0 Å². The predicted octanol–water partition coefficient (Wildman–Crippen LogP) is 1.34. The molecular weight excluding hydrogens is 210 g/mol.